The summed E-state index contributed by atoms with van der Waals surface area (Å²) in [7, 11) is -4.39. The van der Waals surface area contributed by atoms with Crippen LogP contribution in [0.4, 0.5) is 0 Å². The van der Waals surface area contributed by atoms with Crippen LogP contribution in [-0.2, 0) is 36.3 Å². The molecule has 2 heterocycles. The first-order valence-corrected chi connectivity index (χ1v) is 7.77. The van der Waals surface area contributed by atoms with E-state index in [4.69, 9.17) is 18.1 Å². The summed E-state index contributed by atoms with van der Waals surface area (Å²) in [5, 5.41) is 0. The molecule has 1 spiro atoms. The lowest BCUT2D eigenvalue weighted by atomic mass is 9.93. The van der Waals surface area contributed by atoms with Crippen molar-refractivity contribution in [1.29, 1.82) is 0 Å². The summed E-state index contributed by atoms with van der Waals surface area (Å²) in [5.74, 6) is 0. The van der Waals surface area contributed by atoms with E-state index >= 15 is 0 Å². The van der Waals surface area contributed by atoms with Gasteiger partial charge in [0, 0.05) is 14.2 Å². The monoisotopic (exact) mass is 288 g/mol. The van der Waals surface area contributed by atoms with Crippen molar-refractivity contribution in [2.75, 3.05) is 40.6 Å². The standard InChI is InChI=1S/C7H14O8P2/c1-10-16(8)12-3-7(4-13-16)5-14-17(9,11-2)15-6-7/h3-6H2,1-2H3. The van der Waals surface area contributed by atoms with Crippen molar-refractivity contribution in [3.63, 3.8) is 0 Å². The number of rotatable bonds is 2. The molecule has 10 heteroatoms. The zero-order chi connectivity index (χ0) is 12.6. The van der Waals surface area contributed by atoms with Crippen LogP contribution in [0.2, 0.25) is 0 Å². The molecule has 0 unspecified atom stereocenters. The van der Waals surface area contributed by atoms with Crippen LogP contribution in [0.1, 0.15) is 0 Å². The fraction of sp³-hybridized carbons (Fsp3) is 1.00. The van der Waals surface area contributed by atoms with Gasteiger partial charge in [-0.15, -0.1) is 0 Å². The van der Waals surface area contributed by atoms with Crippen LogP contribution < -0.4 is 0 Å². The van der Waals surface area contributed by atoms with E-state index in [1.54, 1.807) is 0 Å². The van der Waals surface area contributed by atoms with Gasteiger partial charge in [-0.05, 0) is 0 Å². The first kappa shape index (κ1) is 13.6. The first-order chi connectivity index (χ1) is 7.95. The van der Waals surface area contributed by atoms with E-state index in [0.717, 1.165) is 0 Å². The molecule has 8 nitrogen and oxygen atoms in total. The van der Waals surface area contributed by atoms with Gasteiger partial charge in [-0.3, -0.25) is 27.1 Å². The van der Waals surface area contributed by atoms with Gasteiger partial charge < -0.3 is 0 Å². The molecule has 0 amide bonds. The van der Waals surface area contributed by atoms with Gasteiger partial charge in [-0.1, -0.05) is 0 Å². The Morgan fingerprint density at radius 2 is 1.12 bits per heavy atom. The molecule has 0 saturated carbocycles. The molecule has 0 bridgehead atoms. The number of phosphoric ester groups is 2. The van der Waals surface area contributed by atoms with Gasteiger partial charge in [-0.2, -0.15) is 0 Å². The molecule has 2 fully saturated rings. The summed E-state index contributed by atoms with van der Waals surface area (Å²) >= 11 is 0. The van der Waals surface area contributed by atoms with Crippen LogP contribution in [0.25, 0.3) is 0 Å². The van der Waals surface area contributed by atoms with Crippen molar-refractivity contribution >= 4 is 15.6 Å². The van der Waals surface area contributed by atoms with Crippen molar-refractivity contribution in [1.82, 2.24) is 0 Å². The lowest BCUT2D eigenvalue weighted by molar-refractivity contribution is -0.0919. The van der Waals surface area contributed by atoms with Crippen molar-refractivity contribution in [3.05, 3.63) is 0 Å². The van der Waals surface area contributed by atoms with E-state index in [1.165, 1.54) is 14.2 Å². The van der Waals surface area contributed by atoms with Crippen LogP contribution in [0.15, 0.2) is 0 Å². The van der Waals surface area contributed by atoms with Gasteiger partial charge in [-0.25, -0.2) is 9.13 Å². The van der Waals surface area contributed by atoms with E-state index in [-0.39, 0.29) is 26.4 Å². The SMILES string of the molecule is COP1(=O)OCC2(CO1)COP(=O)(OC)OC2. The second-order valence-electron chi connectivity index (χ2n) is 3.85. The zero-order valence-electron chi connectivity index (χ0n) is 9.49. The van der Waals surface area contributed by atoms with Gasteiger partial charge in [0.05, 0.1) is 31.8 Å². The quantitative estimate of drug-likeness (QED) is 0.707. The van der Waals surface area contributed by atoms with Crippen LogP contribution in [0.3, 0.4) is 0 Å². The van der Waals surface area contributed by atoms with Crippen molar-refractivity contribution in [2.45, 2.75) is 0 Å². The number of hydrogen-bond acceptors (Lipinski definition) is 8. The summed E-state index contributed by atoms with van der Waals surface area (Å²) in [6.07, 6.45) is 0. The van der Waals surface area contributed by atoms with Crippen LogP contribution >= 0.6 is 15.6 Å². The molecule has 2 aliphatic heterocycles. The minimum atomic E-state index is -3.44. The highest BCUT2D eigenvalue weighted by molar-refractivity contribution is 7.48. The van der Waals surface area contributed by atoms with Crippen molar-refractivity contribution in [3.8, 4) is 0 Å². The van der Waals surface area contributed by atoms with Gasteiger partial charge in [0.25, 0.3) is 0 Å². The zero-order valence-corrected chi connectivity index (χ0v) is 11.3. The molecular formula is C7H14O8P2. The Kier molecular flexibility index (Phi) is 3.79. The maximum Gasteiger partial charge on any atom is 0.474 e. The lowest BCUT2D eigenvalue weighted by Crippen LogP contribution is -2.45. The Balaban J connectivity index is 1.97. The Morgan fingerprint density at radius 1 is 0.824 bits per heavy atom. The molecule has 2 aliphatic rings. The Morgan fingerprint density at radius 3 is 1.35 bits per heavy atom. The third-order valence-corrected chi connectivity index (χ3v) is 5.24. The maximum atomic E-state index is 11.6. The minimum Gasteiger partial charge on any atom is -0.290 e. The summed E-state index contributed by atoms with van der Waals surface area (Å²) in [4.78, 5) is 0. The van der Waals surface area contributed by atoms with E-state index < -0.39 is 21.1 Å². The lowest BCUT2D eigenvalue weighted by Gasteiger charge is -2.41. The fourth-order valence-corrected chi connectivity index (χ4v) is 3.70. The normalized spacial score (nSPS) is 47.2. The summed E-state index contributed by atoms with van der Waals surface area (Å²) in [5.41, 5.74) is -0.626. The molecule has 0 radical (unpaired) electrons. The smallest absolute Gasteiger partial charge is 0.290 e. The fourth-order valence-electron chi connectivity index (χ4n) is 1.40. The Bertz CT molecular complexity index is 319. The third kappa shape index (κ3) is 2.80. The third-order valence-electron chi connectivity index (χ3n) is 2.56. The number of hydrogen-bond donors (Lipinski definition) is 0. The van der Waals surface area contributed by atoms with Crippen LogP contribution in [-0.4, -0.2) is 40.6 Å². The van der Waals surface area contributed by atoms with E-state index in [9.17, 15) is 9.13 Å². The molecular weight excluding hydrogens is 274 g/mol. The molecule has 100 valence electrons. The minimum absolute atomic E-state index is 0.0852. The topological polar surface area (TPSA) is 89.5 Å². The largest absolute Gasteiger partial charge is 0.474 e. The molecule has 17 heavy (non-hydrogen) atoms. The molecule has 2 rings (SSSR count). The maximum absolute atomic E-state index is 11.6. The molecule has 2 saturated heterocycles. The molecule has 0 N–H and O–H groups in total. The highest BCUT2D eigenvalue weighted by Crippen LogP contribution is 2.59. The summed E-state index contributed by atoms with van der Waals surface area (Å²) in [6.45, 7) is 0.341. The highest BCUT2D eigenvalue weighted by atomic mass is 31.2. The average molecular weight is 288 g/mol. The van der Waals surface area contributed by atoms with Gasteiger partial charge in [0.2, 0.25) is 0 Å². The second-order valence-corrected chi connectivity index (χ2v) is 7.41. The average Bonchev–Trinajstić information content (AvgIpc) is 2.37. The Labute approximate surface area is 98.7 Å². The molecule has 0 atom stereocenters. The predicted octanol–water partition coefficient (Wildman–Crippen LogP) is 1.58. The molecule has 0 aromatic rings. The molecule has 0 aliphatic carbocycles. The van der Waals surface area contributed by atoms with Gasteiger partial charge >= 0.3 is 15.6 Å². The first-order valence-electron chi connectivity index (χ1n) is 4.85. The number of phosphoric acid groups is 2. The van der Waals surface area contributed by atoms with E-state index in [1.807, 2.05) is 0 Å². The second kappa shape index (κ2) is 4.72. The van der Waals surface area contributed by atoms with E-state index in [2.05, 4.69) is 9.05 Å². The summed E-state index contributed by atoms with van der Waals surface area (Å²) < 4.78 is 52.5. The van der Waals surface area contributed by atoms with Crippen LogP contribution in [0.5, 0.6) is 0 Å². The van der Waals surface area contributed by atoms with E-state index in [0.29, 0.717) is 0 Å². The van der Waals surface area contributed by atoms with Crippen molar-refractivity contribution < 1.29 is 36.3 Å². The van der Waals surface area contributed by atoms with Gasteiger partial charge in [0.1, 0.15) is 0 Å². The predicted molar refractivity (Wildman–Crippen MR) is 55.5 cm³/mol. The Hall–Kier alpha value is 0.220. The van der Waals surface area contributed by atoms with Crippen molar-refractivity contribution in [2.24, 2.45) is 5.41 Å². The van der Waals surface area contributed by atoms with Gasteiger partial charge in [0.15, 0.2) is 0 Å². The molecule has 0 aromatic carbocycles. The van der Waals surface area contributed by atoms with Crippen LogP contribution in [0, 0.1) is 5.41 Å². The molecule has 0 aromatic heterocycles. The highest BCUT2D eigenvalue weighted by Gasteiger charge is 2.49. The summed E-state index contributed by atoms with van der Waals surface area (Å²) in [6, 6.07) is 0.